The Hall–Kier alpha value is -2.24. The lowest BCUT2D eigenvalue weighted by molar-refractivity contribution is -0.134. The minimum absolute atomic E-state index is 0.00119. The lowest BCUT2D eigenvalue weighted by Crippen LogP contribution is -2.46. The minimum Gasteiger partial charge on any atom is -0.353 e. The summed E-state index contributed by atoms with van der Waals surface area (Å²) in [5.41, 5.74) is 0.769. The summed E-state index contributed by atoms with van der Waals surface area (Å²) in [7, 11) is 0. The van der Waals surface area contributed by atoms with Crippen molar-refractivity contribution in [3.8, 4) is 0 Å². The number of piperidine rings is 1. The molecule has 1 saturated heterocycles. The molecular weight excluding hydrogens is 311 g/mol. The van der Waals surface area contributed by atoms with Gasteiger partial charge in [0.2, 0.25) is 11.8 Å². The molecule has 1 aliphatic rings. The number of benzene rings is 1. The highest BCUT2D eigenvalue weighted by molar-refractivity contribution is 5.83. The Balaban J connectivity index is 1.72. The molecule has 130 valence electrons. The van der Waals surface area contributed by atoms with Gasteiger partial charge in [0, 0.05) is 32.0 Å². The van der Waals surface area contributed by atoms with Crippen molar-refractivity contribution in [3.05, 3.63) is 35.6 Å². The number of nitrogens with one attached hydrogen (secondary N) is 1. The number of hydrogen-bond acceptors (Lipinski definition) is 3. The van der Waals surface area contributed by atoms with Crippen molar-refractivity contribution in [3.63, 3.8) is 0 Å². The van der Waals surface area contributed by atoms with E-state index in [0.717, 1.165) is 5.56 Å². The van der Waals surface area contributed by atoms with E-state index in [-0.39, 0.29) is 48.7 Å². The van der Waals surface area contributed by atoms with E-state index in [1.807, 2.05) is 0 Å². The molecule has 0 radical (unpaired) electrons. The normalized spacial score (nSPS) is 15.2. The topological polar surface area (TPSA) is 66.5 Å². The van der Waals surface area contributed by atoms with Crippen molar-refractivity contribution < 1.29 is 18.8 Å². The molecule has 0 saturated carbocycles. The summed E-state index contributed by atoms with van der Waals surface area (Å²) in [4.78, 5) is 36.7. The van der Waals surface area contributed by atoms with Crippen molar-refractivity contribution in [1.82, 2.24) is 10.2 Å². The van der Waals surface area contributed by atoms with Gasteiger partial charge in [0.1, 0.15) is 11.6 Å². The maximum Gasteiger partial charge on any atom is 0.224 e. The van der Waals surface area contributed by atoms with E-state index in [9.17, 15) is 18.8 Å². The second-order valence-corrected chi connectivity index (χ2v) is 6.23. The third kappa shape index (κ3) is 5.76. The Kier molecular flexibility index (Phi) is 6.46. The molecule has 0 atom stereocenters. The van der Waals surface area contributed by atoms with Gasteiger partial charge in [-0.15, -0.1) is 0 Å². The number of carbonyl (C=O) groups is 3. The summed E-state index contributed by atoms with van der Waals surface area (Å²) >= 11 is 0. The van der Waals surface area contributed by atoms with Crippen LogP contribution in [0.2, 0.25) is 0 Å². The molecule has 1 fully saturated rings. The van der Waals surface area contributed by atoms with Crippen LogP contribution in [0.25, 0.3) is 0 Å². The molecular formula is C18H23FN2O3. The maximum absolute atomic E-state index is 12.8. The molecule has 6 heteroatoms. The highest BCUT2D eigenvalue weighted by atomic mass is 19.1. The fourth-order valence-corrected chi connectivity index (χ4v) is 2.78. The van der Waals surface area contributed by atoms with Gasteiger partial charge in [-0.2, -0.15) is 0 Å². The average molecular weight is 334 g/mol. The van der Waals surface area contributed by atoms with Crippen LogP contribution < -0.4 is 5.32 Å². The molecule has 0 bridgehead atoms. The predicted molar refractivity (Wildman–Crippen MR) is 87.8 cm³/mol. The molecule has 0 aliphatic carbocycles. The molecule has 5 nitrogen and oxygen atoms in total. The number of ketones is 1. The quantitative estimate of drug-likeness (QED) is 0.863. The van der Waals surface area contributed by atoms with Gasteiger partial charge in [0.05, 0.1) is 6.42 Å². The van der Waals surface area contributed by atoms with Crippen molar-refractivity contribution in [2.24, 2.45) is 0 Å². The first-order chi connectivity index (χ1) is 11.4. The van der Waals surface area contributed by atoms with E-state index in [1.54, 1.807) is 17.0 Å². The molecule has 0 spiro atoms. The van der Waals surface area contributed by atoms with Crippen LogP contribution in [0.5, 0.6) is 0 Å². The van der Waals surface area contributed by atoms with E-state index >= 15 is 0 Å². The third-order valence-electron chi connectivity index (χ3n) is 4.18. The lowest BCUT2D eigenvalue weighted by atomic mass is 10.0. The molecule has 2 amide bonds. The standard InChI is InChI=1S/C18H23FN2O3/c1-13(22)2-7-18(24)21-10-8-16(9-11-21)20-17(23)12-14-3-5-15(19)6-4-14/h3-6,16H,2,7-12H2,1H3,(H,20,23). The van der Waals surface area contributed by atoms with Crippen molar-refractivity contribution in [2.45, 2.75) is 45.1 Å². The SMILES string of the molecule is CC(=O)CCC(=O)N1CCC(NC(=O)Cc2ccc(F)cc2)CC1. The van der Waals surface area contributed by atoms with E-state index in [4.69, 9.17) is 0 Å². The van der Waals surface area contributed by atoms with Gasteiger partial charge in [-0.05, 0) is 37.5 Å². The number of hydrogen-bond donors (Lipinski definition) is 1. The van der Waals surface area contributed by atoms with Gasteiger partial charge >= 0.3 is 0 Å². The number of rotatable bonds is 6. The Labute approximate surface area is 141 Å². The predicted octanol–water partition coefficient (Wildman–Crippen LogP) is 1.84. The zero-order valence-electron chi connectivity index (χ0n) is 13.9. The first-order valence-electron chi connectivity index (χ1n) is 8.25. The van der Waals surface area contributed by atoms with E-state index in [0.29, 0.717) is 25.9 Å². The molecule has 1 heterocycles. The van der Waals surface area contributed by atoms with Gasteiger partial charge in [-0.1, -0.05) is 12.1 Å². The molecule has 2 rings (SSSR count). The molecule has 0 unspecified atom stereocenters. The van der Waals surface area contributed by atoms with Crippen LogP contribution in [0, 0.1) is 5.82 Å². The summed E-state index contributed by atoms with van der Waals surface area (Å²) in [5.74, 6) is -0.392. The molecule has 1 N–H and O–H groups in total. The first kappa shape index (κ1) is 18.1. The monoisotopic (exact) mass is 334 g/mol. The summed E-state index contributed by atoms with van der Waals surface area (Å²) in [5, 5.41) is 2.97. The van der Waals surface area contributed by atoms with Crippen molar-refractivity contribution in [2.75, 3.05) is 13.1 Å². The average Bonchev–Trinajstić information content (AvgIpc) is 2.55. The van der Waals surface area contributed by atoms with Crippen LogP contribution in [0.1, 0.15) is 38.2 Å². The molecule has 24 heavy (non-hydrogen) atoms. The number of halogens is 1. The second kappa shape index (κ2) is 8.57. The molecule has 1 aromatic rings. The first-order valence-corrected chi connectivity index (χ1v) is 8.25. The number of likely N-dealkylation sites (tertiary alicyclic amines) is 1. The Bertz CT molecular complexity index is 593. The van der Waals surface area contributed by atoms with Gasteiger partial charge in [-0.25, -0.2) is 4.39 Å². The highest BCUT2D eigenvalue weighted by Gasteiger charge is 2.23. The molecule has 1 aromatic carbocycles. The molecule has 1 aliphatic heterocycles. The van der Waals surface area contributed by atoms with Gasteiger partial charge < -0.3 is 15.0 Å². The minimum atomic E-state index is -0.319. The Morgan fingerprint density at radius 2 is 1.75 bits per heavy atom. The second-order valence-electron chi connectivity index (χ2n) is 6.23. The number of amides is 2. The number of carbonyl (C=O) groups excluding carboxylic acids is 3. The fraction of sp³-hybridized carbons (Fsp3) is 0.500. The van der Waals surface area contributed by atoms with Crippen molar-refractivity contribution >= 4 is 17.6 Å². The smallest absolute Gasteiger partial charge is 0.224 e. The zero-order valence-corrected chi connectivity index (χ0v) is 13.9. The maximum atomic E-state index is 12.8. The summed E-state index contributed by atoms with van der Waals surface area (Å²) in [6.07, 6.45) is 2.18. The largest absolute Gasteiger partial charge is 0.353 e. The van der Waals surface area contributed by atoms with Gasteiger partial charge in [0.15, 0.2) is 0 Å². The number of Topliss-reactive ketones (excluding diaryl/α,β-unsaturated/α-hetero) is 1. The third-order valence-corrected chi connectivity index (χ3v) is 4.18. The van der Waals surface area contributed by atoms with Crippen LogP contribution in [-0.4, -0.2) is 41.6 Å². The van der Waals surface area contributed by atoms with Gasteiger partial charge in [0.25, 0.3) is 0 Å². The van der Waals surface area contributed by atoms with Crippen molar-refractivity contribution in [1.29, 1.82) is 0 Å². The Morgan fingerprint density at radius 3 is 2.33 bits per heavy atom. The van der Waals surface area contributed by atoms with E-state index < -0.39 is 0 Å². The van der Waals surface area contributed by atoms with Crippen LogP contribution in [-0.2, 0) is 20.8 Å². The van der Waals surface area contributed by atoms with Crippen LogP contribution in [0.15, 0.2) is 24.3 Å². The van der Waals surface area contributed by atoms with E-state index in [1.165, 1.54) is 19.1 Å². The highest BCUT2D eigenvalue weighted by Crippen LogP contribution is 2.13. The zero-order chi connectivity index (χ0) is 17.5. The van der Waals surface area contributed by atoms with E-state index in [2.05, 4.69) is 5.32 Å². The van der Waals surface area contributed by atoms with Crippen LogP contribution in [0.4, 0.5) is 4.39 Å². The van der Waals surface area contributed by atoms with Crippen LogP contribution in [0.3, 0.4) is 0 Å². The fourth-order valence-electron chi connectivity index (χ4n) is 2.78. The van der Waals surface area contributed by atoms with Crippen LogP contribution >= 0.6 is 0 Å². The number of nitrogens with zero attached hydrogens (tertiary/aromatic N) is 1. The molecule has 0 aromatic heterocycles. The summed E-state index contributed by atoms with van der Waals surface area (Å²) in [6, 6.07) is 5.94. The Morgan fingerprint density at radius 1 is 1.12 bits per heavy atom. The lowest BCUT2D eigenvalue weighted by Gasteiger charge is -2.32. The summed E-state index contributed by atoms with van der Waals surface area (Å²) in [6.45, 7) is 2.67. The summed E-state index contributed by atoms with van der Waals surface area (Å²) < 4.78 is 12.8. The van der Waals surface area contributed by atoms with Gasteiger partial charge in [-0.3, -0.25) is 9.59 Å².